The SMILES string of the molecule is COc1cc2c(c(F)c1OC)C=CC2. The lowest BCUT2D eigenvalue weighted by atomic mass is 10.1. The Balaban J connectivity index is 2.64. The van der Waals surface area contributed by atoms with Crippen LogP contribution in [0.4, 0.5) is 4.39 Å². The molecule has 1 aromatic carbocycles. The minimum absolute atomic E-state index is 0.179. The second kappa shape index (κ2) is 3.33. The van der Waals surface area contributed by atoms with Crippen LogP contribution >= 0.6 is 0 Å². The molecule has 2 rings (SSSR count). The van der Waals surface area contributed by atoms with Gasteiger partial charge in [-0.05, 0) is 18.1 Å². The Morgan fingerprint density at radius 1 is 1.29 bits per heavy atom. The van der Waals surface area contributed by atoms with E-state index in [9.17, 15) is 4.39 Å². The number of allylic oxidation sites excluding steroid dienone is 1. The standard InChI is InChI=1S/C11H11FO2/c1-13-9-6-7-4-3-5-8(7)10(12)11(9)14-2/h3,5-6H,4H2,1-2H3. The highest BCUT2D eigenvalue weighted by atomic mass is 19.1. The van der Waals surface area contributed by atoms with E-state index >= 15 is 0 Å². The fourth-order valence-electron chi connectivity index (χ4n) is 1.67. The summed E-state index contributed by atoms with van der Waals surface area (Å²) >= 11 is 0. The van der Waals surface area contributed by atoms with Crippen LogP contribution in [0, 0.1) is 5.82 Å². The van der Waals surface area contributed by atoms with Crippen LogP contribution in [0.5, 0.6) is 11.5 Å². The van der Waals surface area contributed by atoms with Crippen LogP contribution in [-0.2, 0) is 6.42 Å². The number of fused-ring (bicyclic) bond motifs is 1. The first-order chi connectivity index (χ1) is 6.77. The molecule has 0 saturated carbocycles. The van der Waals surface area contributed by atoms with Gasteiger partial charge in [-0.2, -0.15) is 0 Å². The summed E-state index contributed by atoms with van der Waals surface area (Å²) in [5, 5.41) is 0. The van der Waals surface area contributed by atoms with Crippen molar-refractivity contribution in [2.45, 2.75) is 6.42 Å². The van der Waals surface area contributed by atoms with Crippen LogP contribution in [0.3, 0.4) is 0 Å². The molecule has 74 valence electrons. The van der Waals surface area contributed by atoms with Crippen molar-refractivity contribution in [2.24, 2.45) is 0 Å². The molecule has 0 bridgehead atoms. The largest absolute Gasteiger partial charge is 0.493 e. The van der Waals surface area contributed by atoms with Crippen LogP contribution in [0.2, 0.25) is 0 Å². The van der Waals surface area contributed by atoms with Gasteiger partial charge in [-0.15, -0.1) is 0 Å². The van der Waals surface area contributed by atoms with E-state index in [1.165, 1.54) is 14.2 Å². The molecule has 2 nitrogen and oxygen atoms in total. The molecule has 0 N–H and O–H groups in total. The van der Waals surface area contributed by atoms with E-state index in [1.54, 1.807) is 6.08 Å². The normalized spacial score (nSPS) is 12.8. The predicted molar refractivity (Wildman–Crippen MR) is 52.2 cm³/mol. The maximum atomic E-state index is 13.8. The van der Waals surface area contributed by atoms with Crippen LogP contribution in [0.25, 0.3) is 6.08 Å². The number of hydrogen-bond acceptors (Lipinski definition) is 2. The molecule has 0 aromatic heterocycles. The minimum Gasteiger partial charge on any atom is -0.493 e. The third-order valence-electron chi connectivity index (χ3n) is 2.36. The van der Waals surface area contributed by atoms with E-state index in [-0.39, 0.29) is 11.6 Å². The number of methoxy groups -OCH3 is 2. The van der Waals surface area contributed by atoms with E-state index in [0.29, 0.717) is 11.3 Å². The molecule has 0 amide bonds. The van der Waals surface area contributed by atoms with E-state index in [0.717, 1.165) is 12.0 Å². The van der Waals surface area contributed by atoms with Gasteiger partial charge >= 0.3 is 0 Å². The molecule has 0 radical (unpaired) electrons. The molecule has 0 heterocycles. The number of rotatable bonds is 2. The molecular formula is C11H11FO2. The predicted octanol–water partition coefficient (Wildman–Crippen LogP) is 2.41. The number of halogens is 1. The Morgan fingerprint density at radius 3 is 2.71 bits per heavy atom. The number of ether oxygens (including phenoxy) is 2. The lowest BCUT2D eigenvalue weighted by Crippen LogP contribution is -1.98. The van der Waals surface area contributed by atoms with Crippen LogP contribution in [0.15, 0.2) is 12.1 Å². The van der Waals surface area contributed by atoms with Gasteiger partial charge in [0.05, 0.1) is 14.2 Å². The van der Waals surface area contributed by atoms with Crippen molar-refractivity contribution in [3.05, 3.63) is 29.1 Å². The first-order valence-electron chi connectivity index (χ1n) is 4.37. The first kappa shape index (κ1) is 9.06. The highest BCUT2D eigenvalue weighted by Gasteiger charge is 2.19. The maximum Gasteiger partial charge on any atom is 0.197 e. The average molecular weight is 194 g/mol. The summed E-state index contributed by atoms with van der Waals surface area (Å²) in [4.78, 5) is 0. The molecule has 0 unspecified atom stereocenters. The van der Waals surface area contributed by atoms with Crippen molar-refractivity contribution in [3.63, 3.8) is 0 Å². The molecule has 0 fully saturated rings. The van der Waals surface area contributed by atoms with Crippen LogP contribution in [0.1, 0.15) is 11.1 Å². The monoisotopic (exact) mass is 194 g/mol. The molecule has 14 heavy (non-hydrogen) atoms. The van der Waals surface area contributed by atoms with Gasteiger partial charge in [0.15, 0.2) is 17.3 Å². The Morgan fingerprint density at radius 2 is 2.07 bits per heavy atom. The first-order valence-corrected chi connectivity index (χ1v) is 4.37. The molecule has 0 aliphatic heterocycles. The molecule has 1 aliphatic carbocycles. The Kier molecular flexibility index (Phi) is 2.15. The molecule has 0 atom stereocenters. The summed E-state index contributed by atoms with van der Waals surface area (Å²) in [7, 11) is 2.94. The van der Waals surface area contributed by atoms with Gasteiger partial charge in [-0.1, -0.05) is 12.2 Å². The smallest absolute Gasteiger partial charge is 0.197 e. The summed E-state index contributed by atoms with van der Waals surface area (Å²) in [5.41, 5.74) is 1.56. The zero-order valence-electron chi connectivity index (χ0n) is 8.13. The van der Waals surface area contributed by atoms with Gasteiger partial charge in [0.2, 0.25) is 0 Å². The molecule has 0 saturated heterocycles. The summed E-state index contributed by atoms with van der Waals surface area (Å²) in [6, 6.07) is 1.82. The maximum absolute atomic E-state index is 13.8. The average Bonchev–Trinajstić information content (AvgIpc) is 2.65. The van der Waals surface area contributed by atoms with E-state index < -0.39 is 0 Å². The van der Waals surface area contributed by atoms with Crippen molar-refractivity contribution in [1.29, 1.82) is 0 Å². The molecule has 1 aromatic rings. The molecule has 3 heteroatoms. The Labute approximate surface area is 82.0 Å². The van der Waals surface area contributed by atoms with Crippen molar-refractivity contribution >= 4 is 6.08 Å². The van der Waals surface area contributed by atoms with Gasteiger partial charge in [0.25, 0.3) is 0 Å². The van der Waals surface area contributed by atoms with E-state index in [1.807, 2.05) is 12.1 Å². The van der Waals surface area contributed by atoms with E-state index in [2.05, 4.69) is 0 Å². The van der Waals surface area contributed by atoms with Gasteiger partial charge in [0, 0.05) is 5.56 Å². The lowest BCUT2D eigenvalue weighted by molar-refractivity contribution is 0.337. The zero-order chi connectivity index (χ0) is 10.1. The fourth-order valence-corrected chi connectivity index (χ4v) is 1.67. The van der Waals surface area contributed by atoms with Crippen molar-refractivity contribution in [2.75, 3.05) is 14.2 Å². The Bertz CT molecular complexity index is 397. The molecule has 1 aliphatic rings. The van der Waals surface area contributed by atoms with Gasteiger partial charge in [-0.25, -0.2) is 4.39 Å². The molecule has 0 spiro atoms. The number of benzene rings is 1. The van der Waals surface area contributed by atoms with Crippen molar-refractivity contribution < 1.29 is 13.9 Å². The Hall–Kier alpha value is -1.51. The zero-order valence-corrected chi connectivity index (χ0v) is 8.13. The quantitative estimate of drug-likeness (QED) is 0.719. The molecular weight excluding hydrogens is 183 g/mol. The summed E-state index contributed by atoms with van der Waals surface area (Å²) in [6.07, 6.45) is 4.45. The van der Waals surface area contributed by atoms with Crippen LogP contribution < -0.4 is 9.47 Å². The highest BCUT2D eigenvalue weighted by Crippen LogP contribution is 2.37. The third kappa shape index (κ3) is 1.16. The summed E-state index contributed by atoms with van der Waals surface area (Å²) in [6.45, 7) is 0. The minimum atomic E-state index is -0.337. The number of hydrogen-bond donors (Lipinski definition) is 0. The fraction of sp³-hybridized carbons (Fsp3) is 0.273. The van der Waals surface area contributed by atoms with Crippen molar-refractivity contribution in [1.82, 2.24) is 0 Å². The highest BCUT2D eigenvalue weighted by molar-refractivity contribution is 5.65. The lowest BCUT2D eigenvalue weighted by Gasteiger charge is -2.11. The van der Waals surface area contributed by atoms with Gasteiger partial charge in [-0.3, -0.25) is 0 Å². The van der Waals surface area contributed by atoms with E-state index in [4.69, 9.17) is 9.47 Å². The van der Waals surface area contributed by atoms with Crippen LogP contribution in [-0.4, -0.2) is 14.2 Å². The second-order valence-electron chi connectivity index (χ2n) is 3.11. The summed E-state index contributed by atoms with van der Waals surface area (Å²) in [5.74, 6) is 0.292. The van der Waals surface area contributed by atoms with Crippen molar-refractivity contribution in [3.8, 4) is 11.5 Å². The second-order valence-corrected chi connectivity index (χ2v) is 3.11. The third-order valence-corrected chi connectivity index (χ3v) is 2.36. The van der Waals surface area contributed by atoms with Gasteiger partial charge < -0.3 is 9.47 Å². The topological polar surface area (TPSA) is 18.5 Å². The van der Waals surface area contributed by atoms with Gasteiger partial charge in [0.1, 0.15) is 0 Å². The summed E-state index contributed by atoms with van der Waals surface area (Å²) < 4.78 is 23.8.